The highest BCUT2D eigenvalue weighted by atomic mass is 32.1. The molecule has 5 heteroatoms. The number of hydrogen-bond donors (Lipinski definition) is 1. The Labute approximate surface area is 105 Å². The van der Waals surface area contributed by atoms with Crippen LogP contribution in [0.1, 0.15) is 37.6 Å². The van der Waals surface area contributed by atoms with Crippen LogP contribution in [0, 0.1) is 6.92 Å². The SMILES string of the molecule is CCC(c1nc(-c2cscc2C)no1)C(C)N. The number of nitrogens with two attached hydrogens (primary N) is 1. The van der Waals surface area contributed by atoms with Crippen LogP contribution in [-0.4, -0.2) is 16.2 Å². The van der Waals surface area contributed by atoms with Gasteiger partial charge in [-0.2, -0.15) is 16.3 Å². The van der Waals surface area contributed by atoms with Crippen molar-refractivity contribution in [2.24, 2.45) is 5.73 Å². The third kappa shape index (κ3) is 2.40. The second kappa shape index (κ2) is 4.98. The summed E-state index contributed by atoms with van der Waals surface area (Å²) in [5.74, 6) is 1.44. The maximum atomic E-state index is 5.91. The molecule has 92 valence electrons. The molecule has 0 aliphatic heterocycles. The quantitative estimate of drug-likeness (QED) is 0.907. The smallest absolute Gasteiger partial charge is 0.231 e. The third-order valence-electron chi connectivity index (χ3n) is 2.93. The summed E-state index contributed by atoms with van der Waals surface area (Å²) >= 11 is 1.64. The minimum Gasteiger partial charge on any atom is -0.339 e. The van der Waals surface area contributed by atoms with Gasteiger partial charge < -0.3 is 10.3 Å². The van der Waals surface area contributed by atoms with Gasteiger partial charge in [-0.3, -0.25) is 0 Å². The van der Waals surface area contributed by atoms with Crippen molar-refractivity contribution < 1.29 is 4.52 Å². The molecule has 2 aromatic rings. The zero-order valence-electron chi connectivity index (χ0n) is 10.3. The lowest BCUT2D eigenvalue weighted by molar-refractivity contribution is 0.334. The summed E-state index contributed by atoms with van der Waals surface area (Å²) in [5.41, 5.74) is 8.13. The molecule has 0 saturated heterocycles. The number of hydrogen-bond acceptors (Lipinski definition) is 5. The van der Waals surface area contributed by atoms with E-state index < -0.39 is 0 Å². The molecule has 0 radical (unpaired) electrons. The van der Waals surface area contributed by atoms with Crippen molar-refractivity contribution in [1.29, 1.82) is 0 Å². The van der Waals surface area contributed by atoms with Crippen molar-refractivity contribution in [3.8, 4) is 11.4 Å². The summed E-state index contributed by atoms with van der Waals surface area (Å²) in [6.45, 7) is 6.09. The summed E-state index contributed by atoms with van der Waals surface area (Å²) < 4.78 is 5.32. The highest BCUT2D eigenvalue weighted by Gasteiger charge is 2.22. The zero-order valence-corrected chi connectivity index (χ0v) is 11.1. The Kier molecular flexibility index (Phi) is 3.59. The van der Waals surface area contributed by atoms with Crippen LogP contribution >= 0.6 is 11.3 Å². The first kappa shape index (κ1) is 12.3. The molecule has 0 fully saturated rings. The van der Waals surface area contributed by atoms with Crippen LogP contribution in [-0.2, 0) is 0 Å². The Morgan fingerprint density at radius 3 is 2.76 bits per heavy atom. The summed E-state index contributed by atoms with van der Waals surface area (Å²) in [5, 5.41) is 8.15. The maximum Gasteiger partial charge on any atom is 0.231 e. The largest absolute Gasteiger partial charge is 0.339 e. The molecule has 0 bridgehead atoms. The fourth-order valence-electron chi connectivity index (χ4n) is 1.86. The Morgan fingerprint density at radius 2 is 2.24 bits per heavy atom. The molecule has 2 heterocycles. The second-order valence-corrected chi connectivity index (χ2v) is 5.04. The van der Waals surface area contributed by atoms with E-state index >= 15 is 0 Å². The minimum absolute atomic E-state index is 0.0249. The monoisotopic (exact) mass is 251 g/mol. The van der Waals surface area contributed by atoms with Gasteiger partial charge >= 0.3 is 0 Å². The zero-order chi connectivity index (χ0) is 12.4. The van der Waals surface area contributed by atoms with Crippen molar-refractivity contribution in [2.45, 2.75) is 39.2 Å². The highest BCUT2D eigenvalue weighted by molar-refractivity contribution is 7.08. The molecule has 4 nitrogen and oxygen atoms in total. The second-order valence-electron chi connectivity index (χ2n) is 4.30. The molecule has 0 spiro atoms. The van der Waals surface area contributed by atoms with Gasteiger partial charge in [0.1, 0.15) is 0 Å². The first-order valence-corrected chi connectivity index (χ1v) is 6.70. The highest BCUT2D eigenvalue weighted by Crippen LogP contribution is 2.27. The molecule has 2 unspecified atom stereocenters. The van der Waals surface area contributed by atoms with E-state index in [-0.39, 0.29) is 12.0 Å². The molecule has 17 heavy (non-hydrogen) atoms. The molecular weight excluding hydrogens is 234 g/mol. The van der Waals surface area contributed by atoms with Crippen LogP contribution in [0.5, 0.6) is 0 Å². The first-order valence-electron chi connectivity index (χ1n) is 5.75. The lowest BCUT2D eigenvalue weighted by Gasteiger charge is -2.13. The molecule has 0 aromatic carbocycles. The van der Waals surface area contributed by atoms with E-state index in [1.165, 1.54) is 5.56 Å². The summed E-state index contributed by atoms with van der Waals surface area (Å²) in [4.78, 5) is 4.45. The van der Waals surface area contributed by atoms with Crippen molar-refractivity contribution in [3.05, 3.63) is 22.2 Å². The van der Waals surface area contributed by atoms with E-state index in [9.17, 15) is 0 Å². The molecule has 2 atom stereocenters. The third-order valence-corrected chi connectivity index (χ3v) is 3.79. The normalized spacial score (nSPS) is 14.8. The first-order chi connectivity index (χ1) is 8.13. The van der Waals surface area contributed by atoms with Crippen LogP contribution in [0.3, 0.4) is 0 Å². The van der Waals surface area contributed by atoms with E-state index in [1.807, 2.05) is 19.2 Å². The topological polar surface area (TPSA) is 64.9 Å². The molecule has 0 aliphatic rings. The van der Waals surface area contributed by atoms with E-state index in [0.29, 0.717) is 11.7 Å². The van der Waals surface area contributed by atoms with E-state index in [0.717, 1.165) is 12.0 Å². The predicted octanol–water partition coefficient (Wildman–Crippen LogP) is 2.95. The minimum atomic E-state index is 0.0249. The van der Waals surface area contributed by atoms with Crippen molar-refractivity contribution in [1.82, 2.24) is 10.1 Å². The molecule has 2 aromatic heterocycles. The number of thiophene rings is 1. The Bertz CT molecular complexity index is 489. The maximum absolute atomic E-state index is 5.91. The van der Waals surface area contributed by atoms with Gasteiger partial charge in [0.25, 0.3) is 0 Å². The number of rotatable bonds is 4. The molecular formula is C12H17N3OS. The van der Waals surface area contributed by atoms with Crippen LogP contribution in [0.4, 0.5) is 0 Å². The fraction of sp³-hybridized carbons (Fsp3) is 0.500. The number of aromatic nitrogens is 2. The molecule has 2 rings (SSSR count). The van der Waals surface area contributed by atoms with Gasteiger partial charge in [0, 0.05) is 17.0 Å². The van der Waals surface area contributed by atoms with Crippen LogP contribution in [0.15, 0.2) is 15.3 Å². The van der Waals surface area contributed by atoms with Gasteiger partial charge in [0.15, 0.2) is 0 Å². The average molecular weight is 251 g/mol. The van der Waals surface area contributed by atoms with Gasteiger partial charge in [-0.05, 0) is 31.2 Å². The van der Waals surface area contributed by atoms with Gasteiger partial charge in [-0.1, -0.05) is 12.1 Å². The Hall–Kier alpha value is -1.20. The van der Waals surface area contributed by atoms with E-state index in [4.69, 9.17) is 10.3 Å². The Morgan fingerprint density at radius 1 is 1.47 bits per heavy atom. The summed E-state index contributed by atoms with van der Waals surface area (Å²) in [7, 11) is 0. The van der Waals surface area contributed by atoms with Crippen molar-refractivity contribution in [3.63, 3.8) is 0 Å². The van der Waals surface area contributed by atoms with Gasteiger partial charge in [-0.25, -0.2) is 0 Å². The average Bonchev–Trinajstić information content (AvgIpc) is 2.87. The molecule has 0 amide bonds. The fourth-order valence-corrected chi connectivity index (χ4v) is 2.68. The lowest BCUT2D eigenvalue weighted by Crippen LogP contribution is -2.24. The molecule has 0 saturated carbocycles. The predicted molar refractivity (Wildman–Crippen MR) is 69.0 cm³/mol. The Balaban J connectivity index is 2.30. The lowest BCUT2D eigenvalue weighted by atomic mass is 9.99. The van der Waals surface area contributed by atoms with Gasteiger partial charge in [-0.15, -0.1) is 0 Å². The van der Waals surface area contributed by atoms with Crippen LogP contribution < -0.4 is 5.73 Å². The molecule has 0 aliphatic carbocycles. The number of aryl methyl sites for hydroxylation is 1. The van der Waals surface area contributed by atoms with E-state index in [1.54, 1.807) is 11.3 Å². The number of nitrogens with zero attached hydrogens (tertiary/aromatic N) is 2. The van der Waals surface area contributed by atoms with Gasteiger partial charge in [0.2, 0.25) is 11.7 Å². The van der Waals surface area contributed by atoms with E-state index in [2.05, 4.69) is 22.4 Å². The van der Waals surface area contributed by atoms with Crippen LogP contribution in [0.25, 0.3) is 11.4 Å². The van der Waals surface area contributed by atoms with Crippen molar-refractivity contribution >= 4 is 11.3 Å². The standard InChI is InChI=1S/C12H17N3OS/c1-4-9(8(3)13)12-14-11(15-16-12)10-6-17-5-7(10)2/h5-6,8-9H,4,13H2,1-3H3. The van der Waals surface area contributed by atoms with Crippen molar-refractivity contribution in [2.75, 3.05) is 0 Å². The summed E-state index contributed by atoms with van der Waals surface area (Å²) in [6, 6.07) is 0.0249. The molecule has 2 N–H and O–H groups in total. The van der Waals surface area contributed by atoms with Crippen LogP contribution in [0.2, 0.25) is 0 Å². The van der Waals surface area contributed by atoms with Gasteiger partial charge in [0.05, 0.1) is 5.92 Å². The summed E-state index contributed by atoms with van der Waals surface area (Å²) in [6.07, 6.45) is 0.905.